The Hall–Kier alpha value is -4.07. The number of carbonyl (C=O) groups excluding carboxylic acids is 2. The third-order valence-electron chi connectivity index (χ3n) is 4.85. The number of para-hydroxylation sites is 2. The summed E-state index contributed by atoms with van der Waals surface area (Å²) in [6.07, 6.45) is 0.484. The van der Waals surface area contributed by atoms with Gasteiger partial charge in [-0.1, -0.05) is 24.3 Å². The molecule has 0 aromatic heterocycles. The number of rotatable bonds is 8. The summed E-state index contributed by atoms with van der Waals surface area (Å²) in [6.45, 7) is 2.59. The average Bonchev–Trinajstić information content (AvgIpc) is 2.80. The molecule has 0 saturated carbocycles. The third kappa shape index (κ3) is 6.96. The van der Waals surface area contributed by atoms with E-state index in [1.54, 1.807) is 36.4 Å². The molecule has 3 aromatic carbocycles. The normalized spacial score (nSPS) is 10.3. The van der Waals surface area contributed by atoms with E-state index in [1.807, 2.05) is 31.2 Å². The zero-order valence-electron chi connectivity index (χ0n) is 18.6. The van der Waals surface area contributed by atoms with Gasteiger partial charge in [-0.15, -0.1) is 0 Å². The number of methoxy groups -OCH3 is 1. The van der Waals surface area contributed by atoms with E-state index < -0.39 is 0 Å². The van der Waals surface area contributed by atoms with E-state index in [0.29, 0.717) is 42.3 Å². The second-order valence-corrected chi connectivity index (χ2v) is 7.36. The minimum atomic E-state index is -0.382. The number of carbonyl (C=O) groups is 2. The molecule has 3 N–H and O–H groups in total. The van der Waals surface area contributed by atoms with Crippen LogP contribution < -0.4 is 25.6 Å². The lowest BCUT2D eigenvalue weighted by atomic mass is 10.2. The maximum absolute atomic E-state index is 13.4. The molecule has 33 heavy (non-hydrogen) atoms. The minimum absolute atomic E-state index is 0.318. The molecular formula is C25H27FN4O3. The Bertz CT molecular complexity index is 1090. The van der Waals surface area contributed by atoms with Crippen LogP contribution in [0, 0.1) is 12.7 Å². The molecule has 0 saturated heterocycles. The van der Waals surface area contributed by atoms with E-state index in [9.17, 15) is 14.0 Å². The predicted octanol–water partition coefficient (Wildman–Crippen LogP) is 5.39. The van der Waals surface area contributed by atoms with Gasteiger partial charge in [0.1, 0.15) is 11.6 Å². The van der Waals surface area contributed by atoms with Crippen molar-refractivity contribution < 1.29 is 18.7 Å². The van der Waals surface area contributed by atoms with Gasteiger partial charge in [0.2, 0.25) is 0 Å². The largest absolute Gasteiger partial charge is 0.495 e. The lowest BCUT2D eigenvalue weighted by Crippen LogP contribution is -2.38. The molecule has 0 fully saturated rings. The number of hydrogen-bond acceptors (Lipinski definition) is 3. The lowest BCUT2D eigenvalue weighted by molar-refractivity contribution is 0.252. The fraction of sp³-hybridized carbons (Fsp3) is 0.200. The number of nitrogens with zero attached hydrogens (tertiary/aromatic N) is 1. The fourth-order valence-corrected chi connectivity index (χ4v) is 3.24. The molecule has 0 bridgehead atoms. The van der Waals surface area contributed by atoms with Gasteiger partial charge < -0.3 is 20.7 Å². The van der Waals surface area contributed by atoms with Crippen LogP contribution in [0.5, 0.6) is 5.75 Å². The van der Waals surface area contributed by atoms with Crippen LogP contribution in [0.2, 0.25) is 0 Å². The number of halogens is 1. The van der Waals surface area contributed by atoms with Crippen molar-refractivity contribution in [1.29, 1.82) is 0 Å². The molecule has 0 atom stereocenters. The van der Waals surface area contributed by atoms with Crippen molar-refractivity contribution in [2.75, 3.05) is 35.7 Å². The third-order valence-corrected chi connectivity index (χ3v) is 4.85. The number of benzene rings is 3. The van der Waals surface area contributed by atoms with Crippen LogP contribution in [0.1, 0.15) is 12.0 Å². The van der Waals surface area contributed by atoms with Crippen LogP contribution in [0.25, 0.3) is 0 Å². The van der Waals surface area contributed by atoms with Gasteiger partial charge in [-0.3, -0.25) is 4.90 Å². The van der Waals surface area contributed by atoms with E-state index in [0.717, 1.165) is 5.56 Å². The second-order valence-electron chi connectivity index (χ2n) is 7.36. The first kappa shape index (κ1) is 23.6. The predicted molar refractivity (Wildman–Crippen MR) is 129 cm³/mol. The van der Waals surface area contributed by atoms with Crippen molar-refractivity contribution in [2.45, 2.75) is 13.3 Å². The highest BCUT2D eigenvalue weighted by molar-refractivity contribution is 6.01. The summed E-state index contributed by atoms with van der Waals surface area (Å²) in [7, 11) is 1.53. The van der Waals surface area contributed by atoms with Gasteiger partial charge in [-0.2, -0.15) is 0 Å². The Morgan fingerprint density at radius 1 is 0.970 bits per heavy atom. The number of nitrogens with one attached hydrogen (secondary N) is 3. The molecule has 0 radical (unpaired) electrons. The molecule has 172 valence electrons. The van der Waals surface area contributed by atoms with Crippen LogP contribution in [0.4, 0.5) is 31.0 Å². The molecule has 0 unspecified atom stereocenters. The summed E-state index contributed by atoms with van der Waals surface area (Å²) >= 11 is 0. The van der Waals surface area contributed by atoms with Crippen molar-refractivity contribution in [3.63, 3.8) is 0 Å². The second kappa shape index (κ2) is 11.5. The Morgan fingerprint density at radius 2 is 1.73 bits per heavy atom. The first-order chi connectivity index (χ1) is 16.0. The zero-order valence-corrected chi connectivity index (χ0v) is 18.6. The van der Waals surface area contributed by atoms with Gasteiger partial charge in [0.05, 0.1) is 12.8 Å². The fourth-order valence-electron chi connectivity index (χ4n) is 3.24. The van der Waals surface area contributed by atoms with Gasteiger partial charge in [0.25, 0.3) is 0 Å². The number of anilines is 3. The van der Waals surface area contributed by atoms with Gasteiger partial charge in [0.15, 0.2) is 0 Å². The number of amides is 4. The van der Waals surface area contributed by atoms with Gasteiger partial charge in [0, 0.05) is 24.5 Å². The standard InChI is InChI=1S/C25H27FN4O3/c1-18-7-5-8-20(17-18)28-25(32)30(21-13-11-19(26)12-14-21)16-6-15-27-24(31)29-22-9-3-4-10-23(22)33-2/h3-5,7-14,17H,6,15-16H2,1-2H3,(H,28,32)(H2,27,29,31). The summed E-state index contributed by atoms with van der Waals surface area (Å²) in [4.78, 5) is 26.7. The quantitative estimate of drug-likeness (QED) is 0.402. The summed E-state index contributed by atoms with van der Waals surface area (Å²) in [5.74, 6) is 0.176. The molecule has 4 amide bonds. The van der Waals surface area contributed by atoms with Gasteiger partial charge in [-0.05, 0) is 67.4 Å². The van der Waals surface area contributed by atoms with Crippen molar-refractivity contribution >= 4 is 29.1 Å². The Balaban J connectivity index is 1.58. The van der Waals surface area contributed by atoms with E-state index in [2.05, 4.69) is 16.0 Å². The number of aryl methyl sites for hydroxylation is 1. The molecule has 0 aliphatic heterocycles. The van der Waals surface area contributed by atoms with Crippen molar-refractivity contribution in [3.05, 3.63) is 84.2 Å². The monoisotopic (exact) mass is 450 g/mol. The summed E-state index contributed by atoms with van der Waals surface area (Å²) < 4.78 is 18.6. The van der Waals surface area contributed by atoms with Crippen LogP contribution in [-0.4, -0.2) is 32.3 Å². The highest BCUT2D eigenvalue weighted by Crippen LogP contribution is 2.22. The van der Waals surface area contributed by atoms with Crippen LogP contribution in [0.3, 0.4) is 0 Å². The maximum atomic E-state index is 13.4. The summed E-state index contributed by atoms with van der Waals surface area (Å²) in [6, 6.07) is 19.6. The Morgan fingerprint density at radius 3 is 2.45 bits per heavy atom. The number of ether oxygens (including phenoxy) is 1. The topological polar surface area (TPSA) is 82.7 Å². The zero-order chi connectivity index (χ0) is 23.6. The van der Waals surface area contributed by atoms with E-state index in [4.69, 9.17) is 4.74 Å². The molecule has 0 aliphatic rings. The van der Waals surface area contributed by atoms with E-state index in [1.165, 1.54) is 24.1 Å². The number of hydrogen-bond donors (Lipinski definition) is 3. The molecule has 7 nitrogen and oxygen atoms in total. The van der Waals surface area contributed by atoms with Crippen LogP contribution in [0.15, 0.2) is 72.8 Å². The maximum Gasteiger partial charge on any atom is 0.326 e. The van der Waals surface area contributed by atoms with E-state index in [-0.39, 0.29) is 17.9 Å². The molecule has 8 heteroatoms. The van der Waals surface area contributed by atoms with Crippen molar-refractivity contribution in [3.8, 4) is 5.75 Å². The highest BCUT2D eigenvalue weighted by atomic mass is 19.1. The van der Waals surface area contributed by atoms with Gasteiger partial charge in [-0.25, -0.2) is 14.0 Å². The SMILES string of the molecule is COc1ccccc1NC(=O)NCCCN(C(=O)Nc1cccc(C)c1)c1ccc(F)cc1. The summed E-state index contributed by atoms with van der Waals surface area (Å²) in [5.41, 5.74) is 2.80. The van der Waals surface area contributed by atoms with Gasteiger partial charge >= 0.3 is 12.1 Å². The Kier molecular flexibility index (Phi) is 8.24. The van der Waals surface area contributed by atoms with E-state index >= 15 is 0 Å². The van der Waals surface area contributed by atoms with Crippen molar-refractivity contribution in [2.24, 2.45) is 0 Å². The molecule has 3 aromatic rings. The molecule has 0 spiro atoms. The smallest absolute Gasteiger partial charge is 0.326 e. The summed E-state index contributed by atoms with van der Waals surface area (Å²) in [5, 5.41) is 8.38. The molecule has 3 rings (SSSR count). The molecular weight excluding hydrogens is 423 g/mol. The first-order valence-electron chi connectivity index (χ1n) is 10.5. The first-order valence-corrected chi connectivity index (χ1v) is 10.5. The van der Waals surface area contributed by atoms with Crippen molar-refractivity contribution in [1.82, 2.24) is 5.32 Å². The van der Waals surface area contributed by atoms with Crippen LogP contribution in [-0.2, 0) is 0 Å². The minimum Gasteiger partial charge on any atom is -0.495 e. The lowest BCUT2D eigenvalue weighted by Gasteiger charge is -2.23. The Labute approximate surface area is 192 Å². The number of urea groups is 2. The average molecular weight is 451 g/mol. The molecule has 0 heterocycles. The van der Waals surface area contributed by atoms with Crippen LogP contribution >= 0.6 is 0 Å². The highest BCUT2D eigenvalue weighted by Gasteiger charge is 2.16. The molecule has 0 aliphatic carbocycles.